The summed E-state index contributed by atoms with van der Waals surface area (Å²) >= 11 is 0.933. The first kappa shape index (κ1) is 22.4. The van der Waals surface area contributed by atoms with Gasteiger partial charge in [-0.05, 0) is 37.5 Å². The first-order valence-corrected chi connectivity index (χ1v) is 11.6. The molecular formula is C22H27N3O6S. The summed E-state index contributed by atoms with van der Waals surface area (Å²) < 4.78 is 10.6. The summed E-state index contributed by atoms with van der Waals surface area (Å²) in [7, 11) is 3.08. The molecule has 32 heavy (non-hydrogen) atoms. The second-order valence-electron chi connectivity index (χ2n) is 8.50. The fourth-order valence-electron chi connectivity index (χ4n) is 4.78. The molecule has 4 amide bonds. The molecule has 0 aliphatic carbocycles. The normalized spacial score (nSPS) is 23.2. The largest absolute Gasteiger partial charge is 0.493 e. The minimum Gasteiger partial charge on any atom is -0.493 e. The summed E-state index contributed by atoms with van der Waals surface area (Å²) in [5.41, 5.74) is 0.375. The molecule has 1 unspecified atom stereocenters. The molecule has 0 radical (unpaired) electrons. The highest BCUT2D eigenvalue weighted by atomic mass is 32.2. The van der Waals surface area contributed by atoms with E-state index in [0.717, 1.165) is 35.9 Å². The molecule has 4 rings (SSSR count). The summed E-state index contributed by atoms with van der Waals surface area (Å²) in [6, 6.07) is 5.14. The lowest BCUT2D eigenvalue weighted by Gasteiger charge is -2.40. The second kappa shape index (κ2) is 9.01. The van der Waals surface area contributed by atoms with Crippen LogP contribution < -0.4 is 9.47 Å². The van der Waals surface area contributed by atoms with E-state index in [1.165, 1.54) is 7.11 Å². The fraction of sp³-hybridized carbons (Fsp3) is 0.545. The van der Waals surface area contributed by atoms with Crippen molar-refractivity contribution in [3.63, 3.8) is 0 Å². The van der Waals surface area contributed by atoms with E-state index in [2.05, 4.69) is 0 Å². The number of hydrogen-bond donors (Lipinski definition) is 0. The van der Waals surface area contributed by atoms with E-state index in [9.17, 15) is 19.2 Å². The topological polar surface area (TPSA) is 96.5 Å². The molecule has 1 atom stereocenters. The monoisotopic (exact) mass is 461 g/mol. The summed E-state index contributed by atoms with van der Waals surface area (Å²) in [6.45, 7) is 2.13. The number of piperidine rings is 1. The first-order valence-electron chi connectivity index (χ1n) is 10.6. The molecule has 0 saturated carbocycles. The number of amides is 4. The predicted molar refractivity (Wildman–Crippen MR) is 118 cm³/mol. The van der Waals surface area contributed by atoms with Crippen molar-refractivity contribution in [3.05, 3.63) is 23.8 Å². The van der Waals surface area contributed by atoms with Crippen molar-refractivity contribution in [2.45, 2.75) is 19.3 Å². The standard InChI is InChI=1S/C22H27N3O6S/c1-30-16-5-4-15(10-17(16)31-2)20(28)24-9-7-22(14-24)6-3-8-23(13-22)18(26)11-25-19(27)12-32-21(25)29/h4-5,10H,3,6-9,11-14H2,1-2H3. The van der Waals surface area contributed by atoms with Crippen LogP contribution in [0.15, 0.2) is 18.2 Å². The molecule has 10 heteroatoms. The van der Waals surface area contributed by atoms with Gasteiger partial charge in [0.2, 0.25) is 11.8 Å². The van der Waals surface area contributed by atoms with E-state index in [0.29, 0.717) is 43.2 Å². The number of methoxy groups -OCH3 is 2. The number of nitrogens with zero attached hydrogens (tertiary/aromatic N) is 3. The number of carbonyl (C=O) groups is 4. The molecule has 3 saturated heterocycles. The van der Waals surface area contributed by atoms with Crippen LogP contribution in [0.25, 0.3) is 0 Å². The third-order valence-corrected chi connectivity index (χ3v) is 7.36. The highest BCUT2D eigenvalue weighted by molar-refractivity contribution is 8.14. The van der Waals surface area contributed by atoms with E-state index < -0.39 is 0 Å². The number of carbonyl (C=O) groups excluding carboxylic acids is 4. The molecule has 1 aromatic carbocycles. The van der Waals surface area contributed by atoms with E-state index in [1.54, 1.807) is 30.2 Å². The van der Waals surface area contributed by atoms with E-state index in [1.807, 2.05) is 4.90 Å². The number of thioether (sulfide) groups is 1. The summed E-state index contributed by atoms with van der Waals surface area (Å²) in [5.74, 6) is 0.577. The van der Waals surface area contributed by atoms with Crippen molar-refractivity contribution in [2.75, 3.05) is 52.7 Å². The average molecular weight is 462 g/mol. The molecule has 3 heterocycles. The maximum atomic E-state index is 13.1. The van der Waals surface area contributed by atoms with Gasteiger partial charge >= 0.3 is 0 Å². The Labute approximate surface area is 191 Å². The number of benzene rings is 1. The zero-order valence-corrected chi connectivity index (χ0v) is 19.1. The van der Waals surface area contributed by atoms with Crippen molar-refractivity contribution in [1.29, 1.82) is 0 Å². The van der Waals surface area contributed by atoms with Gasteiger partial charge in [-0.15, -0.1) is 0 Å². The third-order valence-electron chi connectivity index (χ3n) is 6.50. The van der Waals surface area contributed by atoms with Crippen LogP contribution in [0, 0.1) is 5.41 Å². The molecule has 3 fully saturated rings. The molecule has 0 N–H and O–H groups in total. The van der Waals surface area contributed by atoms with Gasteiger partial charge in [0.25, 0.3) is 11.1 Å². The van der Waals surface area contributed by atoms with Gasteiger partial charge < -0.3 is 19.3 Å². The Morgan fingerprint density at radius 1 is 1.03 bits per heavy atom. The Balaban J connectivity index is 1.41. The number of ether oxygens (including phenoxy) is 2. The van der Waals surface area contributed by atoms with Crippen LogP contribution >= 0.6 is 11.8 Å². The Kier molecular flexibility index (Phi) is 6.32. The van der Waals surface area contributed by atoms with Gasteiger partial charge in [-0.3, -0.25) is 24.1 Å². The third kappa shape index (κ3) is 4.28. The lowest BCUT2D eigenvalue weighted by molar-refractivity contribution is -0.138. The maximum Gasteiger partial charge on any atom is 0.289 e. The summed E-state index contributed by atoms with van der Waals surface area (Å²) in [6.07, 6.45) is 2.58. The fourth-order valence-corrected chi connectivity index (χ4v) is 5.51. The van der Waals surface area contributed by atoms with Crippen molar-refractivity contribution >= 4 is 34.7 Å². The second-order valence-corrected chi connectivity index (χ2v) is 9.43. The van der Waals surface area contributed by atoms with Gasteiger partial charge in [0.05, 0.1) is 20.0 Å². The van der Waals surface area contributed by atoms with Crippen LogP contribution in [-0.2, 0) is 9.59 Å². The predicted octanol–water partition coefficient (Wildman–Crippen LogP) is 1.85. The van der Waals surface area contributed by atoms with Crippen molar-refractivity contribution in [2.24, 2.45) is 5.41 Å². The minimum atomic E-state index is -0.359. The average Bonchev–Trinajstić information content (AvgIpc) is 3.36. The quantitative estimate of drug-likeness (QED) is 0.660. The Hall–Kier alpha value is -2.75. The Morgan fingerprint density at radius 2 is 1.78 bits per heavy atom. The molecule has 3 aliphatic heterocycles. The highest BCUT2D eigenvalue weighted by Crippen LogP contribution is 2.40. The summed E-state index contributed by atoms with van der Waals surface area (Å²) in [5, 5.41) is -0.359. The van der Waals surface area contributed by atoms with Crippen LogP contribution in [-0.4, -0.2) is 90.4 Å². The van der Waals surface area contributed by atoms with Gasteiger partial charge in [0, 0.05) is 37.2 Å². The molecule has 1 aromatic rings. The van der Waals surface area contributed by atoms with Gasteiger partial charge in [-0.1, -0.05) is 11.8 Å². The highest BCUT2D eigenvalue weighted by Gasteiger charge is 2.44. The number of hydrogen-bond acceptors (Lipinski definition) is 7. The van der Waals surface area contributed by atoms with Crippen LogP contribution in [0.1, 0.15) is 29.6 Å². The van der Waals surface area contributed by atoms with Crippen LogP contribution in [0.2, 0.25) is 0 Å². The van der Waals surface area contributed by atoms with Crippen LogP contribution in [0.3, 0.4) is 0 Å². The van der Waals surface area contributed by atoms with Gasteiger partial charge in [0.1, 0.15) is 6.54 Å². The minimum absolute atomic E-state index is 0.0726. The molecule has 0 aromatic heterocycles. The molecule has 172 valence electrons. The first-order chi connectivity index (χ1) is 15.4. The number of likely N-dealkylation sites (tertiary alicyclic amines) is 2. The smallest absolute Gasteiger partial charge is 0.289 e. The van der Waals surface area contributed by atoms with Crippen molar-refractivity contribution in [1.82, 2.24) is 14.7 Å². The van der Waals surface area contributed by atoms with Gasteiger partial charge in [-0.2, -0.15) is 0 Å². The molecule has 1 spiro atoms. The molecular weight excluding hydrogens is 434 g/mol. The zero-order chi connectivity index (χ0) is 22.9. The van der Waals surface area contributed by atoms with Crippen LogP contribution in [0.5, 0.6) is 11.5 Å². The van der Waals surface area contributed by atoms with Gasteiger partial charge in [-0.25, -0.2) is 0 Å². The van der Waals surface area contributed by atoms with Crippen LogP contribution in [0.4, 0.5) is 4.79 Å². The summed E-state index contributed by atoms with van der Waals surface area (Å²) in [4.78, 5) is 54.2. The van der Waals surface area contributed by atoms with E-state index >= 15 is 0 Å². The SMILES string of the molecule is COc1ccc(C(=O)N2CCC3(CCCN(C(=O)CN4C(=O)CSC4=O)C3)C2)cc1OC. The zero-order valence-electron chi connectivity index (χ0n) is 18.3. The maximum absolute atomic E-state index is 13.1. The Morgan fingerprint density at radius 3 is 2.47 bits per heavy atom. The number of rotatable bonds is 5. The van der Waals surface area contributed by atoms with E-state index in [-0.39, 0.29) is 40.7 Å². The number of imide groups is 1. The Bertz CT molecular complexity index is 938. The van der Waals surface area contributed by atoms with E-state index in [4.69, 9.17) is 9.47 Å². The van der Waals surface area contributed by atoms with Crippen molar-refractivity contribution in [3.8, 4) is 11.5 Å². The molecule has 0 bridgehead atoms. The lowest BCUT2D eigenvalue weighted by atomic mass is 9.79. The molecule has 9 nitrogen and oxygen atoms in total. The van der Waals surface area contributed by atoms with Crippen molar-refractivity contribution < 1.29 is 28.7 Å². The lowest BCUT2D eigenvalue weighted by Crippen LogP contribution is -2.50. The van der Waals surface area contributed by atoms with Gasteiger partial charge in [0.15, 0.2) is 11.5 Å². The molecule has 3 aliphatic rings.